The number of carbonyl (C=O) groups excluding carboxylic acids is 1. The summed E-state index contributed by atoms with van der Waals surface area (Å²) in [7, 11) is 0.474. The number of rotatable bonds is 5. The molecule has 0 aliphatic rings. The highest BCUT2D eigenvalue weighted by atomic mass is 32.2. The maximum Gasteiger partial charge on any atom is 0.255 e. The molecular formula is C20H20N4O3S. The fourth-order valence-corrected chi connectivity index (χ4v) is 3.05. The van der Waals surface area contributed by atoms with E-state index in [1.54, 1.807) is 36.4 Å². The molecule has 0 atom stereocenters. The van der Waals surface area contributed by atoms with E-state index in [4.69, 9.17) is 0 Å². The minimum atomic E-state index is -3.40. The van der Waals surface area contributed by atoms with Crippen LogP contribution in [0.2, 0.25) is 0 Å². The van der Waals surface area contributed by atoms with Crippen LogP contribution >= 0.6 is 0 Å². The van der Waals surface area contributed by atoms with Crippen molar-refractivity contribution in [2.45, 2.75) is 5.03 Å². The average molecular weight is 396 g/mol. The van der Waals surface area contributed by atoms with Gasteiger partial charge in [-0.25, -0.2) is 8.42 Å². The molecule has 0 aliphatic heterocycles. The zero-order chi connectivity index (χ0) is 20.3. The van der Waals surface area contributed by atoms with Crippen LogP contribution < -0.4 is 10.2 Å². The molecule has 144 valence electrons. The molecule has 28 heavy (non-hydrogen) atoms. The van der Waals surface area contributed by atoms with Gasteiger partial charge in [-0.15, -0.1) is 10.2 Å². The molecular weight excluding hydrogens is 376 g/mol. The van der Waals surface area contributed by atoms with Gasteiger partial charge in [-0.2, -0.15) is 0 Å². The lowest BCUT2D eigenvalue weighted by atomic mass is 10.1. The molecule has 0 saturated carbocycles. The lowest BCUT2D eigenvalue weighted by Gasteiger charge is -2.13. The highest BCUT2D eigenvalue weighted by molar-refractivity contribution is 7.90. The molecule has 1 aromatic heterocycles. The molecule has 0 fully saturated rings. The Kier molecular flexibility index (Phi) is 5.41. The Hall–Kier alpha value is -3.26. The van der Waals surface area contributed by atoms with E-state index in [1.165, 1.54) is 6.07 Å². The third-order valence-corrected chi connectivity index (χ3v) is 5.06. The number of nitrogens with zero attached hydrogens (tertiary/aromatic N) is 3. The molecule has 1 N–H and O–H groups in total. The summed E-state index contributed by atoms with van der Waals surface area (Å²) in [6.45, 7) is 0. The lowest BCUT2D eigenvalue weighted by molar-refractivity contribution is 0.102. The van der Waals surface area contributed by atoms with Crippen molar-refractivity contribution in [1.82, 2.24) is 10.2 Å². The van der Waals surface area contributed by atoms with Gasteiger partial charge in [0.05, 0.1) is 5.69 Å². The van der Waals surface area contributed by atoms with Crippen molar-refractivity contribution in [2.75, 3.05) is 30.6 Å². The predicted molar refractivity (Wildman–Crippen MR) is 109 cm³/mol. The third-order valence-electron chi connectivity index (χ3n) is 4.08. The topological polar surface area (TPSA) is 92.3 Å². The first-order valence-corrected chi connectivity index (χ1v) is 10.4. The Morgan fingerprint density at radius 1 is 0.964 bits per heavy atom. The van der Waals surface area contributed by atoms with Gasteiger partial charge in [0.25, 0.3) is 5.91 Å². The summed E-state index contributed by atoms with van der Waals surface area (Å²) < 4.78 is 23.0. The van der Waals surface area contributed by atoms with Crippen LogP contribution in [-0.4, -0.2) is 44.9 Å². The minimum absolute atomic E-state index is 0.0816. The highest BCUT2D eigenvalue weighted by Gasteiger charge is 2.11. The first-order chi connectivity index (χ1) is 13.2. The second-order valence-electron chi connectivity index (χ2n) is 6.51. The van der Waals surface area contributed by atoms with Crippen LogP contribution in [0.4, 0.5) is 11.4 Å². The molecule has 2 aromatic carbocycles. The van der Waals surface area contributed by atoms with Crippen LogP contribution in [0.25, 0.3) is 11.3 Å². The van der Waals surface area contributed by atoms with Gasteiger partial charge in [-0.05, 0) is 48.5 Å². The highest BCUT2D eigenvalue weighted by Crippen LogP contribution is 2.22. The monoisotopic (exact) mass is 396 g/mol. The number of hydrogen-bond acceptors (Lipinski definition) is 6. The molecule has 3 rings (SSSR count). The van der Waals surface area contributed by atoms with Crippen molar-refractivity contribution in [3.63, 3.8) is 0 Å². The molecule has 0 unspecified atom stereocenters. The zero-order valence-electron chi connectivity index (χ0n) is 15.7. The summed E-state index contributed by atoms with van der Waals surface area (Å²) in [4.78, 5) is 14.4. The first kappa shape index (κ1) is 19.5. The number of nitrogens with one attached hydrogen (secondary N) is 1. The van der Waals surface area contributed by atoms with E-state index in [0.29, 0.717) is 22.5 Å². The minimum Gasteiger partial charge on any atom is -0.378 e. The summed E-state index contributed by atoms with van der Waals surface area (Å²) in [5.41, 5.74) is 3.39. The van der Waals surface area contributed by atoms with Crippen LogP contribution in [0.1, 0.15) is 10.4 Å². The summed E-state index contributed by atoms with van der Waals surface area (Å²) >= 11 is 0. The van der Waals surface area contributed by atoms with Gasteiger partial charge in [0.15, 0.2) is 14.9 Å². The maximum absolute atomic E-state index is 12.5. The van der Waals surface area contributed by atoms with E-state index in [0.717, 1.165) is 11.9 Å². The van der Waals surface area contributed by atoms with Gasteiger partial charge in [0.2, 0.25) is 0 Å². The average Bonchev–Trinajstić information content (AvgIpc) is 2.67. The summed E-state index contributed by atoms with van der Waals surface area (Å²) in [5, 5.41) is 10.5. The van der Waals surface area contributed by atoms with E-state index in [-0.39, 0.29) is 10.9 Å². The number of benzene rings is 2. The fraction of sp³-hybridized carbons (Fsp3) is 0.150. The molecule has 8 heteroatoms. The van der Waals surface area contributed by atoms with Gasteiger partial charge in [0, 0.05) is 42.9 Å². The molecule has 0 saturated heterocycles. The van der Waals surface area contributed by atoms with Gasteiger partial charge in [-0.1, -0.05) is 12.1 Å². The Balaban J connectivity index is 1.78. The number of carbonyl (C=O) groups is 1. The molecule has 1 amide bonds. The Bertz CT molecular complexity index is 1090. The van der Waals surface area contributed by atoms with Crippen molar-refractivity contribution in [3.8, 4) is 11.3 Å². The van der Waals surface area contributed by atoms with E-state index in [1.807, 2.05) is 37.2 Å². The smallest absolute Gasteiger partial charge is 0.255 e. The Labute approximate surface area is 164 Å². The second-order valence-corrected chi connectivity index (χ2v) is 8.47. The van der Waals surface area contributed by atoms with Crippen molar-refractivity contribution < 1.29 is 13.2 Å². The number of aromatic nitrogens is 2. The van der Waals surface area contributed by atoms with Crippen molar-refractivity contribution in [3.05, 3.63) is 66.2 Å². The van der Waals surface area contributed by atoms with Crippen molar-refractivity contribution >= 4 is 27.1 Å². The van der Waals surface area contributed by atoms with Crippen molar-refractivity contribution in [2.24, 2.45) is 0 Å². The van der Waals surface area contributed by atoms with Gasteiger partial charge in [-0.3, -0.25) is 4.79 Å². The molecule has 0 spiro atoms. The normalized spacial score (nSPS) is 11.1. The molecule has 0 aliphatic carbocycles. The van der Waals surface area contributed by atoms with Gasteiger partial charge in [0.1, 0.15) is 0 Å². The standard InChI is InChI=1S/C20H20N4O3S/c1-24(2)17-9-7-14(8-10-17)20(25)21-16-6-4-5-15(13-16)18-11-12-19(23-22-18)28(3,26)27/h4-13H,1-3H3,(H,21,25). The molecule has 1 heterocycles. The van der Waals surface area contributed by atoms with Crippen LogP contribution in [0, 0.1) is 0 Å². The van der Waals surface area contributed by atoms with Crippen LogP contribution in [0.3, 0.4) is 0 Å². The Morgan fingerprint density at radius 2 is 1.68 bits per heavy atom. The SMILES string of the molecule is CN(C)c1ccc(C(=O)Nc2cccc(-c3ccc(S(C)(=O)=O)nn3)c2)cc1. The van der Waals surface area contributed by atoms with Crippen LogP contribution in [0.5, 0.6) is 0 Å². The molecule has 3 aromatic rings. The molecule has 0 radical (unpaired) electrons. The van der Waals surface area contributed by atoms with Gasteiger partial charge < -0.3 is 10.2 Å². The largest absolute Gasteiger partial charge is 0.378 e. The summed E-state index contributed by atoms with van der Waals surface area (Å²) in [6.07, 6.45) is 1.08. The van der Waals surface area contributed by atoms with Crippen LogP contribution in [0.15, 0.2) is 65.7 Å². The first-order valence-electron chi connectivity index (χ1n) is 8.47. The quantitative estimate of drug-likeness (QED) is 0.713. The Morgan fingerprint density at radius 3 is 2.25 bits per heavy atom. The van der Waals surface area contributed by atoms with E-state index in [2.05, 4.69) is 15.5 Å². The van der Waals surface area contributed by atoms with E-state index >= 15 is 0 Å². The predicted octanol–water partition coefficient (Wildman–Crippen LogP) is 2.87. The number of amides is 1. The number of sulfone groups is 1. The van der Waals surface area contributed by atoms with Gasteiger partial charge >= 0.3 is 0 Å². The maximum atomic E-state index is 12.5. The second kappa shape index (κ2) is 7.77. The van der Waals surface area contributed by atoms with Crippen molar-refractivity contribution in [1.29, 1.82) is 0 Å². The fourth-order valence-electron chi connectivity index (χ4n) is 2.54. The number of hydrogen-bond donors (Lipinski definition) is 1. The van der Waals surface area contributed by atoms with E-state index in [9.17, 15) is 13.2 Å². The third kappa shape index (κ3) is 4.52. The summed E-state index contributed by atoms with van der Waals surface area (Å²) in [5.74, 6) is -0.221. The number of anilines is 2. The lowest BCUT2D eigenvalue weighted by Crippen LogP contribution is -2.13. The molecule has 7 nitrogen and oxygen atoms in total. The zero-order valence-corrected chi connectivity index (χ0v) is 16.6. The van der Waals surface area contributed by atoms with Crippen LogP contribution in [-0.2, 0) is 9.84 Å². The summed E-state index contributed by atoms with van der Waals surface area (Å²) in [6, 6.07) is 17.4. The van der Waals surface area contributed by atoms with E-state index < -0.39 is 9.84 Å². The molecule has 0 bridgehead atoms.